The maximum Gasteiger partial charge on any atom is 0.390 e. The van der Waals surface area contributed by atoms with Gasteiger partial charge in [0.15, 0.2) is 0 Å². The van der Waals surface area contributed by atoms with Crippen molar-refractivity contribution in [2.45, 2.75) is 25.6 Å². The summed E-state index contributed by atoms with van der Waals surface area (Å²) >= 11 is 0. The molecule has 0 fully saturated rings. The average Bonchev–Trinajstić information content (AvgIpc) is 2.96. The molecule has 0 saturated carbocycles. The van der Waals surface area contributed by atoms with Gasteiger partial charge in [-0.05, 0) is 12.1 Å². The maximum atomic E-state index is 12.3. The fraction of sp³-hybridized carbons (Fsp3) is 0.429. The van der Waals surface area contributed by atoms with Gasteiger partial charge in [-0.25, -0.2) is 13.1 Å². The van der Waals surface area contributed by atoms with Gasteiger partial charge in [0.1, 0.15) is 5.69 Å². The van der Waals surface area contributed by atoms with Crippen LogP contribution in [0.15, 0.2) is 30.3 Å². The van der Waals surface area contributed by atoms with Crippen LogP contribution < -0.4 is 0 Å². The molecule has 1 aliphatic heterocycles. The van der Waals surface area contributed by atoms with E-state index in [0.29, 0.717) is 12.1 Å². The maximum absolute atomic E-state index is 12.3. The van der Waals surface area contributed by atoms with Crippen molar-refractivity contribution in [3.05, 3.63) is 41.7 Å². The molecule has 0 bridgehead atoms. The van der Waals surface area contributed by atoms with E-state index in [4.69, 9.17) is 0 Å². The second-order valence-corrected chi connectivity index (χ2v) is 7.58. The zero-order valence-corrected chi connectivity index (χ0v) is 13.4. The molecule has 6 nitrogen and oxygen atoms in total. The number of nitrogens with zero attached hydrogens (tertiary/aromatic N) is 4. The summed E-state index contributed by atoms with van der Waals surface area (Å²) in [6.07, 6.45) is -5.50. The fourth-order valence-corrected chi connectivity index (χ4v) is 4.01. The first-order valence-corrected chi connectivity index (χ1v) is 8.91. The zero-order valence-electron chi connectivity index (χ0n) is 12.6. The zero-order chi connectivity index (χ0) is 17.4. The lowest BCUT2D eigenvalue weighted by Gasteiger charge is -2.25. The molecule has 0 amide bonds. The Morgan fingerprint density at radius 2 is 1.88 bits per heavy atom. The number of alkyl halides is 3. The van der Waals surface area contributed by atoms with Gasteiger partial charge in [0.2, 0.25) is 10.0 Å². The topological polar surface area (TPSA) is 68.1 Å². The summed E-state index contributed by atoms with van der Waals surface area (Å²) in [5.74, 6) is -0.946. The molecule has 0 unspecified atom stereocenters. The van der Waals surface area contributed by atoms with Crippen LogP contribution in [0, 0.1) is 0 Å². The van der Waals surface area contributed by atoms with E-state index in [2.05, 4.69) is 10.3 Å². The van der Waals surface area contributed by atoms with Gasteiger partial charge in [0.25, 0.3) is 0 Å². The van der Waals surface area contributed by atoms with Crippen LogP contribution in [0.3, 0.4) is 0 Å². The van der Waals surface area contributed by atoms with Crippen molar-refractivity contribution in [2.75, 3.05) is 12.3 Å². The van der Waals surface area contributed by atoms with E-state index in [1.54, 1.807) is 4.68 Å². The SMILES string of the molecule is O=S(=O)(CCC(F)(F)F)N1CCc2c(nnn2-c2ccccc2)C1. The van der Waals surface area contributed by atoms with Crippen molar-refractivity contribution < 1.29 is 21.6 Å². The average molecular weight is 360 g/mol. The minimum Gasteiger partial charge on any atom is -0.217 e. The summed E-state index contributed by atoms with van der Waals surface area (Å²) in [5, 5.41) is 8.03. The van der Waals surface area contributed by atoms with Crippen molar-refractivity contribution in [1.29, 1.82) is 0 Å². The Labute approximate surface area is 136 Å². The molecule has 130 valence electrons. The summed E-state index contributed by atoms with van der Waals surface area (Å²) in [5.41, 5.74) is 2.06. The first kappa shape index (κ1) is 16.9. The predicted octanol–water partition coefficient (Wildman–Crippen LogP) is 1.91. The summed E-state index contributed by atoms with van der Waals surface area (Å²) in [7, 11) is -3.98. The Kier molecular flexibility index (Phi) is 4.35. The number of para-hydroxylation sites is 1. The van der Waals surface area contributed by atoms with E-state index in [-0.39, 0.29) is 13.1 Å². The molecule has 1 aromatic heterocycles. The first-order chi connectivity index (χ1) is 11.3. The van der Waals surface area contributed by atoms with Crippen molar-refractivity contribution in [2.24, 2.45) is 0 Å². The summed E-state index contributed by atoms with van der Waals surface area (Å²) in [4.78, 5) is 0. The van der Waals surface area contributed by atoms with Crippen molar-refractivity contribution in [3.8, 4) is 5.69 Å². The molecule has 1 aliphatic rings. The molecule has 0 atom stereocenters. The molecule has 1 aromatic carbocycles. The second-order valence-electron chi connectivity index (χ2n) is 5.49. The van der Waals surface area contributed by atoms with Crippen LogP contribution in [-0.2, 0) is 23.0 Å². The van der Waals surface area contributed by atoms with Gasteiger partial charge < -0.3 is 0 Å². The van der Waals surface area contributed by atoms with Gasteiger partial charge in [-0.1, -0.05) is 23.4 Å². The van der Waals surface area contributed by atoms with Crippen LogP contribution in [0.4, 0.5) is 13.2 Å². The van der Waals surface area contributed by atoms with Crippen molar-refractivity contribution in [3.63, 3.8) is 0 Å². The molecule has 0 saturated heterocycles. The Hall–Kier alpha value is -1.94. The third-order valence-electron chi connectivity index (χ3n) is 3.81. The van der Waals surface area contributed by atoms with Crippen molar-refractivity contribution in [1.82, 2.24) is 19.3 Å². The highest BCUT2D eigenvalue weighted by molar-refractivity contribution is 7.89. The van der Waals surface area contributed by atoms with Gasteiger partial charge in [-0.2, -0.15) is 17.5 Å². The summed E-state index contributed by atoms with van der Waals surface area (Å²) < 4.78 is 63.7. The largest absolute Gasteiger partial charge is 0.390 e. The highest BCUT2D eigenvalue weighted by Gasteiger charge is 2.35. The van der Waals surface area contributed by atoms with Crippen LogP contribution in [0.5, 0.6) is 0 Å². The molecule has 0 aliphatic carbocycles. The number of halogens is 3. The first-order valence-electron chi connectivity index (χ1n) is 7.30. The van der Waals surface area contributed by atoms with Crippen LogP contribution in [-0.4, -0.2) is 46.2 Å². The van der Waals surface area contributed by atoms with E-state index in [1.165, 1.54) is 0 Å². The number of fused-ring (bicyclic) bond motifs is 1. The molecular formula is C14H15F3N4O2S. The second kappa shape index (κ2) is 6.17. The quantitative estimate of drug-likeness (QED) is 0.835. The monoisotopic (exact) mass is 360 g/mol. The van der Waals surface area contributed by atoms with Crippen LogP contribution in [0.2, 0.25) is 0 Å². The lowest BCUT2D eigenvalue weighted by atomic mass is 10.2. The molecule has 0 N–H and O–H groups in total. The normalized spacial score (nSPS) is 16.1. The molecule has 24 heavy (non-hydrogen) atoms. The minimum atomic E-state index is -4.50. The Bertz CT molecular complexity index is 818. The van der Waals surface area contributed by atoms with Crippen LogP contribution in [0.1, 0.15) is 17.8 Å². The molecule has 10 heteroatoms. The van der Waals surface area contributed by atoms with E-state index < -0.39 is 28.4 Å². The summed E-state index contributed by atoms with van der Waals surface area (Å²) in [6.45, 7) is 0.0652. The fourth-order valence-electron chi connectivity index (χ4n) is 2.57. The lowest BCUT2D eigenvalue weighted by Crippen LogP contribution is -2.38. The molecule has 2 heterocycles. The number of benzene rings is 1. The highest BCUT2D eigenvalue weighted by Crippen LogP contribution is 2.25. The van der Waals surface area contributed by atoms with Gasteiger partial charge in [0.05, 0.1) is 30.1 Å². The van der Waals surface area contributed by atoms with Gasteiger partial charge in [-0.3, -0.25) is 0 Å². The Morgan fingerprint density at radius 1 is 1.17 bits per heavy atom. The molecular weight excluding hydrogens is 345 g/mol. The van der Waals surface area contributed by atoms with Gasteiger partial charge in [-0.15, -0.1) is 5.10 Å². The van der Waals surface area contributed by atoms with Crippen LogP contribution in [0.25, 0.3) is 5.69 Å². The predicted molar refractivity (Wildman–Crippen MR) is 79.9 cm³/mol. The third-order valence-corrected chi connectivity index (χ3v) is 5.62. The third kappa shape index (κ3) is 3.59. The minimum absolute atomic E-state index is 0.0532. The van der Waals surface area contributed by atoms with E-state index in [9.17, 15) is 21.6 Å². The number of aromatic nitrogens is 3. The van der Waals surface area contributed by atoms with Gasteiger partial charge >= 0.3 is 6.18 Å². The van der Waals surface area contributed by atoms with Crippen LogP contribution >= 0.6 is 0 Å². The Morgan fingerprint density at radius 3 is 2.54 bits per heavy atom. The number of hydrogen-bond acceptors (Lipinski definition) is 4. The molecule has 0 spiro atoms. The molecule has 2 aromatic rings. The van der Waals surface area contributed by atoms with Crippen molar-refractivity contribution >= 4 is 10.0 Å². The summed E-state index contributed by atoms with van der Waals surface area (Å²) in [6, 6.07) is 9.25. The van der Waals surface area contributed by atoms with E-state index in [1.807, 2.05) is 30.3 Å². The smallest absolute Gasteiger partial charge is 0.217 e. The molecule has 0 radical (unpaired) electrons. The Balaban J connectivity index is 1.78. The number of sulfonamides is 1. The van der Waals surface area contributed by atoms with E-state index >= 15 is 0 Å². The number of rotatable bonds is 4. The standard InChI is InChI=1S/C14H15F3N4O2S/c15-14(16,17)7-9-24(22,23)20-8-6-13-12(10-20)18-19-21(13)11-4-2-1-3-5-11/h1-5H,6-10H2. The lowest BCUT2D eigenvalue weighted by molar-refractivity contribution is -0.130. The molecule has 3 rings (SSSR count). The number of hydrogen-bond donors (Lipinski definition) is 0. The van der Waals surface area contributed by atoms with E-state index in [0.717, 1.165) is 15.7 Å². The van der Waals surface area contributed by atoms with Gasteiger partial charge in [0, 0.05) is 13.0 Å². The highest BCUT2D eigenvalue weighted by atomic mass is 32.2.